The molecule has 3 rings (SSSR count). The maximum atomic E-state index is 11.0. The third-order valence-corrected chi connectivity index (χ3v) is 4.78. The lowest BCUT2D eigenvalue weighted by molar-refractivity contribution is -0.109. The number of rotatable bonds is 6. The molecule has 1 fully saturated rings. The number of aldehydes is 1. The van der Waals surface area contributed by atoms with Crippen LogP contribution >= 0.6 is 0 Å². The minimum atomic E-state index is 0.317. The van der Waals surface area contributed by atoms with Crippen molar-refractivity contribution in [2.75, 3.05) is 19.9 Å². The van der Waals surface area contributed by atoms with Gasteiger partial charge in [-0.25, -0.2) is 0 Å². The van der Waals surface area contributed by atoms with Gasteiger partial charge in [0.05, 0.1) is 6.54 Å². The summed E-state index contributed by atoms with van der Waals surface area (Å²) in [7, 11) is 0. The van der Waals surface area contributed by atoms with Crippen LogP contribution in [0.2, 0.25) is 0 Å². The Labute approximate surface area is 132 Å². The van der Waals surface area contributed by atoms with Gasteiger partial charge in [-0.2, -0.15) is 0 Å². The highest BCUT2D eigenvalue weighted by Gasteiger charge is 2.33. The van der Waals surface area contributed by atoms with E-state index in [1.165, 1.54) is 18.4 Å². The summed E-state index contributed by atoms with van der Waals surface area (Å²) in [5.74, 6) is 2.88. The Morgan fingerprint density at radius 3 is 2.91 bits per heavy atom. The highest BCUT2D eigenvalue weighted by molar-refractivity contribution is 5.52. The number of benzene rings is 1. The number of carbonyl (C=O) groups excluding carboxylic acids is 1. The molecule has 0 saturated carbocycles. The van der Waals surface area contributed by atoms with Gasteiger partial charge in [-0.3, -0.25) is 4.90 Å². The average molecular weight is 303 g/mol. The molecule has 0 N–H and O–H groups in total. The second kappa shape index (κ2) is 6.69. The zero-order valence-electron chi connectivity index (χ0n) is 13.5. The molecular formula is C18H25NO3. The molecule has 1 aromatic carbocycles. The van der Waals surface area contributed by atoms with Gasteiger partial charge in [0.2, 0.25) is 6.79 Å². The normalized spacial score (nSPS) is 24.1. The molecule has 1 aromatic rings. The Morgan fingerprint density at radius 1 is 1.32 bits per heavy atom. The molecule has 2 heterocycles. The number of hydrogen-bond donors (Lipinski definition) is 0. The third-order valence-electron chi connectivity index (χ3n) is 4.78. The van der Waals surface area contributed by atoms with Crippen molar-refractivity contribution in [2.24, 2.45) is 5.92 Å². The summed E-state index contributed by atoms with van der Waals surface area (Å²) in [5, 5.41) is 0. The van der Waals surface area contributed by atoms with Gasteiger partial charge in [0.25, 0.3) is 0 Å². The summed E-state index contributed by atoms with van der Waals surface area (Å²) in [4.78, 5) is 13.3. The van der Waals surface area contributed by atoms with Crippen molar-refractivity contribution in [3.63, 3.8) is 0 Å². The van der Waals surface area contributed by atoms with Crippen LogP contribution in [0.3, 0.4) is 0 Å². The van der Waals surface area contributed by atoms with Crippen molar-refractivity contribution >= 4 is 6.29 Å². The molecular weight excluding hydrogens is 278 g/mol. The topological polar surface area (TPSA) is 38.8 Å². The largest absolute Gasteiger partial charge is 0.454 e. The van der Waals surface area contributed by atoms with Crippen molar-refractivity contribution in [1.29, 1.82) is 0 Å². The first-order chi connectivity index (χ1) is 10.7. The monoisotopic (exact) mass is 303 g/mol. The Morgan fingerprint density at radius 2 is 2.14 bits per heavy atom. The first-order valence-electron chi connectivity index (χ1n) is 8.24. The molecule has 0 aliphatic carbocycles. The lowest BCUT2D eigenvalue weighted by Crippen LogP contribution is -2.31. The summed E-state index contributed by atoms with van der Waals surface area (Å²) in [6, 6.07) is 6.77. The molecule has 1 saturated heterocycles. The second-order valence-corrected chi connectivity index (χ2v) is 6.79. The summed E-state index contributed by atoms with van der Waals surface area (Å²) in [6.07, 6.45) is 4.55. The van der Waals surface area contributed by atoms with E-state index in [4.69, 9.17) is 9.47 Å². The van der Waals surface area contributed by atoms with E-state index in [1.807, 2.05) is 6.07 Å². The number of likely N-dealkylation sites (tertiary alicyclic amines) is 1. The lowest BCUT2D eigenvalue weighted by atomic mass is 9.93. The van der Waals surface area contributed by atoms with Gasteiger partial charge in [0, 0.05) is 12.6 Å². The van der Waals surface area contributed by atoms with Crippen LogP contribution in [0.25, 0.3) is 0 Å². The number of fused-ring (bicyclic) bond motifs is 1. The molecule has 2 unspecified atom stereocenters. The summed E-state index contributed by atoms with van der Waals surface area (Å²) < 4.78 is 10.9. The van der Waals surface area contributed by atoms with Gasteiger partial charge >= 0.3 is 0 Å². The minimum absolute atomic E-state index is 0.317. The maximum absolute atomic E-state index is 11.0. The minimum Gasteiger partial charge on any atom is -0.454 e. The summed E-state index contributed by atoms with van der Waals surface area (Å²) in [5.41, 5.74) is 1.30. The van der Waals surface area contributed by atoms with E-state index in [0.717, 1.165) is 30.8 Å². The van der Waals surface area contributed by atoms with Crippen LogP contribution in [0.15, 0.2) is 18.2 Å². The van der Waals surface area contributed by atoms with Crippen LogP contribution in [-0.2, 0) is 4.79 Å². The first kappa shape index (κ1) is 15.3. The van der Waals surface area contributed by atoms with Crippen molar-refractivity contribution in [3.8, 4) is 11.5 Å². The Bertz CT molecular complexity index is 529. The van der Waals surface area contributed by atoms with Crippen molar-refractivity contribution in [2.45, 2.75) is 45.1 Å². The first-order valence-corrected chi connectivity index (χ1v) is 8.24. The van der Waals surface area contributed by atoms with Crippen molar-refractivity contribution in [3.05, 3.63) is 23.8 Å². The van der Waals surface area contributed by atoms with E-state index < -0.39 is 0 Å². The molecule has 4 heteroatoms. The fourth-order valence-corrected chi connectivity index (χ4v) is 3.54. The molecule has 120 valence electrons. The predicted octanol–water partition coefficient (Wildman–Crippen LogP) is 3.21. The highest BCUT2D eigenvalue weighted by Crippen LogP contribution is 2.39. The molecule has 2 aliphatic rings. The second-order valence-electron chi connectivity index (χ2n) is 6.79. The fraction of sp³-hybridized carbons (Fsp3) is 0.611. The van der Waals surface area contributed by atoms with Crippen LogP contribution in [0.5, 0.6) is 11.5 Å². The van der Waals surface area contributed by atoms with E-state index in [9.17, 15) is 4.79 Å². The van der Waals surface area contributed by atoms with Crippen molar-refractivity contribution < 1.29 is 14.3 Å². The smallest absolute Gasteiger partial charge is 0.231 e. The Balaban J connectivity index is 1.70. The number of carbonyl (C=O) groups is 1. The van der Waals surface area contributed by atoms with Gasteiger partial charge in [-0.15, -0.1) is 0 Å². The zero-order valence-corrected chi connectivity index (χ0v) is 13.5. The number of ether oxygens (including phenoxy) is 2. The van der Waals surface area contributed by atoms with E-state index >= 15 is 0 Å². The molecule has 0 spiro atoms. The van der Waals surface area contributed by atoms with Gasteiger partial charge in [-0.1, -0.05) is 19.9 Å². The highest BCUT2D eigenvalue weighted by atomic mass is 16.7. The molecule has 22 heavy (non-hydrogen) atoms. The molecule has 4 nitrogen and oxygen atoms in total. The van der Waals surface area contributed by atoms with E-state index in [1.54, 1.807) is 0 Å². The van der Waals surface area contributed by atoms with Gasteiger partial charge in [-0.05, 0) is 48.8 Å². The van der Waals surface area contributed by atoms with Gasteiger partial charge in [0.15, 0.2) is 11.5 Å². The van der Waals surface area contributed by atoms with Crippen LogP contribution in [-0.4, -0.2) is 37.1 Å². The van der Waals surface area contributed by atoms with Crippen LogP contribution in [0, 0.1) is 5.92 Å². The SMILES string of the molecule is CC(C)CCC1CC(c2ccc3c(c2)OCO3)CN1CC=O. The van der Waals surface area contributed by atoms with Gasteiger partial charge < -0.3 is 14.3 Å². The molecule has 2 aliphatic heterocycles. The lowest BCUT2D eigenvalue weighted by Gasteiger charge is -2.22. The van der Waals surface area contributed by atoms with Crippen LogP contribution in [0.1, 0.15) is 44.6 Å². The van der Waals surface area contributed by atoms with E-state index in [0.29, 0.717) is 31.2 Å². The number of nitrogens with zero attached hydrogens (tertiary/aromatic N) is 1. The zero-order chi connectivity index (χ0) is 15.5. The molecule has 0 amide bonds. The Hall–Kier alpha value is -1.55. The molecule has 0 radical (unpaired) electrons. The molecule has 0 bridgehead atoms. The third kappa shape index (κ3) is 3.27. The standard InChI is InChI=1S/C18H25NO3/c1-13(2)3-5-16-9-15(11-19(16)7-8-20)14-4-6-17-18(10-14)22-12-21-17/h4,6,8,10,13,15-16H,3,5,7,9,11-12H2,1-2H3. The molecule has 2 atom stereocenters. The average Bonchev–Trinajstić information content (AvgIpc) is 3.11. The van der Waals surface area contributed by atoms with E-state index in [-0.39, 0.29) is 0 Å². The predicted molar refractivity (Wildman–Crippen MR) is 85.4 cm³/mol. The fourth-order valence-electron chi connectivity index (χ4n) is 3.54. The van der Waals surface area contributed by atoms with E-state index in [2.05, 4.69) is 30.9 Å². The van der Waals surface area contributed by atoms with Crippen LogP contribution < -0.4 is 9.47 Å². The Kier molecular flexibility index (Phi) is 4.67. The van der Waals surface area contributed by atoms with Crippen LogP contribution in [0.4, 0.5) is 0 Å². The van der Waals surface area contributed by atoms with Crippen molar-refractivity contribution in [1.82, 2.24) is 4.90 Å². The van der Waals surface area contributed by atoms with Gasteiger partial charge in [0.1, 0.15) is 6.29 Å². The number of hydrogen-bond acceptors (Lipinski definition) is 4. The maximum Gasteiger partial charge on any atom is 0.231 e. The summed E-state index contributed by atoms with van der Waals surface area (Å²) in [6.45, 7) is 6.34. The summed E-state index contributed by atoms with van der Waals surface area (Å²) >= 11 is 0. The molecule has 0 aromatic heterocycles. The quantitative estimate of drug-likeness (QED) is 0.757.